The molecular weight excluding hydrogens is 336 g/mol. The summed E-state index contributed by atoms with van der Waals surface area (Å²) in [7, 11) is 0. The highest BCUT2D eigenvalue weighted by Gasteiger charge is 2.37. The van der Waals surface area contributed by atoms with E-state index >= 15 is 0 Å². The SMILES string of the molecule is Cc1cc(C)cc(-c2cc3c(c4ccccc24)-c2ccc(C)cc2C3(C)C)c1. The van der Waals surface area contributed by atoms with Crippen LogP contribution in [0, 0.1) is 20.8 Å². The Morgan fingerprint density at radius 3 is 1.96 bits per heavy atom. The first-order chi connectivity index (χ1) is 13.4. The molecule has 0 aromatic heterocycles. The Morgan fingerprint density at radius 2 is 1.25 bits per heavy atom. The second kappa shape index (κ2) is 5.82. The van der Waals surface area contributed by atoms with E-state index in [-0.39, 0.29) is 5.41 Å². The van der Waals surface area contributed by atoms with Gasteiger partial charge in [-0.3, -0.25) is 0 Å². The topological polar surface area (TPSA) is 0 Å². The molecule has 138 valence electrons. The van der Waals surface area contributed by atoms with E-state index in [1.54, 1.807) is 0 Å². The summed E-state index contributed by atoms with van der Waals surface area (Å²) in [5, 5.41) is 2.71. The van der Waals surface area contributed by atoms with Crippen LogP contribution in [0.3, 0.4) is 0 Å². The maximum Gasteiger partial charge on any atom is 0.0159 e. The molecule has 0 fully saturated rings. The fourth-order valence-corrected chi connectivity index (χ4v) is 5.07. The van der Waals surface area contributed by atoms with E-state index in [9.17, 15) is 0 Å². The molecule has 5 rings (SSSR count). The minimum absolute atomic E-state index is 0.00827. The van der Waals surface area contributed by atoms with Gasteiger partial charge in [0, 0.05) is 5.41 Å². The van der Waals surface area contributed by atoms with Gasteiger partial charge in [0.1, 0.15) is 0 Å². The average Bonchev–Trinajstić information content (AvgIpc) is 2.87. The van der Waals surface area contributed by atoms with Crippen LogP contribution in [0.2, 0.25) is 0 Å². The summed E-state index contributed by atoms with van der Waals surface area (Å²) < 4.78 is 0. The summed E-state index contributed by atoms with van der Waals surface area (Å²) in [6.07, 6.45) is 0. The standard InChI is InChI=1S/C28H26/c1-17-10-11-23-25(15-17)28(4,5)26-16-24(20-13-18(2)12-19(3)14-20)21-8-6-7-9-22(21)27(23)26/h6-16H,1-5H3. The summed E-state index contributed by atoms with van der Waals surface area (Å²) >= 11 is 0. The third kappa shape index (κ3) is 2.37. The van der Waals surface area contributed by atoms with Gasteiger partial charge < -0.3 is 0 Å². The molecule has 0 unspecified atom stereocenters. The first-order valence-electron chi connectivity index (χ1n) is 10.1. The predicted octanol–water partition coefficient (Wildman–Crippen LogP) is 7.74. The van der Waals surface area contributed by atoms with Crippen molar-refractivity contribution < 1.29 is 0 Å². The van der Waals surface area contributed by atoms with E-state index in [4.69, 9.17) is 0 Å². The molecule has 0 heteroatoms. The number of aryl methyl sites for hydroxylation is 3. The molecule has 28 heavy (non-hydrogen) atoms. The molecule has 0 radical (unpaired) electrons. The van der Waals surface area contributed by atoms with Crippen molar-refractivity contribution in [3.63, 3.8) is 0 Å². The second-order valence-electron chi connectivity index (χ2n) is 8.94. The van der Waals surface area contributed by atoms with Crippen LogP contribution in [0.5, 0.6) is 0 Å². The molecule has 4 aromatic rings. The zero-order valence-corrected chi connectivity index (χ0v) is 17.4. The van der Waals surface area contributed by atoms with Crippen molar-refractivity contribution in [3.05, 3.63) is 94.5 Å². The zero-order valence-electron chi connectivity index (χ0n) is 17.4. The fraction of sp³-hybridized carbons (Fsp3) is 0.214. The quantitative estimate of drug-likeness (QED) is 0.325. The molecular formula is C28H26. The number of benzene rings is 4. The van der Waals surface area contributed by atoms with Crippen molar-refractivity contribution in [3.8, 4) is 22.3 Å². The second-order valence-corrected chi connectivity index (χ2v) is 8.94. The van der Waals surface area contributed by atoms with E-state index in [0.717, 1.165) is 0 Å². The van der Waals surface area contributed by atoms with Crippen LogP contribution in [-0.2, 0) is 5.41 Å². The minimum atomic E-state index is 0.00827. The molecule has 0 atom stereocenters. The molecule has 0 bridgehead atoms. The third-order valence-corrected chi connectivity index (χ3v) is 6.37. The number of hydrogen-bond donors (Lipinski definition) is 0. The smallest absolute Gasteiger partial charge is 0.0159 e. The van der Waals surface area contributed by atoms with Gasteiger partial charge in [-0.1, -0.05) is 91.2 Å². The summed E-state index contributed by atoms with van der Waals surface area (Å²) in [6, 6.07) is 25.2. The lowest BCUT2D eigenvalue weighted by atomic mass is 9.80. The normalized spacial score (nSPS) is 14.2. The number of fused-ring (bicyclic) bond motifs is 5. The van der Waals surface area contributed by atoms with Crippen molar-refractivity contribution >= 4 is 10.8 Å². The van der Waals surface area contributed by atoms with Crippen molar-refractivity contribution in [1.82, 2.24) is 0 Å². The van der Waals surface area contributed by atoms with Crippen LogP contribution in [0.25, 0.3) is 33.0 Å². The Bertz CT molecular complexity index is 1230. The lowest BCUT2D eigenvalue weighted by Crippen LogP contribution is -2.15. The molecule has 0 amide bonds. The Balaban J connectivity index is 1.92. The van der Waals surface area contributed by atoms with Gasteiger partial charge in [-0.05, 0) is 71.0 Å². The van der Waals surface area contributed by atoms with E-state index < -0.39 is 0 Å². The third-order valence-electron chi connectivity index (χ3n) is 6.37. The minimum Gasteiger partial charge on any atom is -0.0616 e. The van der Waals surface area contributed by atoms with Crippen LogP contribution in [0.15, 0.2) is 66.7 Å². The summed E-state index contributed by atoms with van der Waals surface area (Å²) in [5.41, 5.74) is 12.4. The largest absolute Gasteiger partial charge is 0.0616 e. The summed E-state index contributed by atoms with van der Waals surface area (Å²) in [6.45, 7) is 11.3. The van der Waals surface area contributed by atoms with Crippen LogP contribution in [-0.4, -0.2) is 0 Å². The summed E-state index contributed by atoms with van der Waals surface area (Å²) in [4.78, 5) is 0. The molecule has 0 N–H and O–H groups in total. The lowest BCUT2D eigenvalue weighted by molar-refractivity contribution is 0.660. The van der Waals surface area contributed by atoms with Gasteiger partial charge in [-0.2, -0.15) is 0 Å². The van der Waals surface area contributed by atoms with Gasteiger partial charge in [0.25, 0.3) is 0 Å². The van der Waals surface area contributed by atoms with Gasteiger partial charge >= 0.3 is 0 Å². The van der Waals surface area contributed by atoms with Crippen LogP contribution < -0.4 is 0 Å². The first-order valence-corrected chi connectivity index (χ1v) is 10.1. The fourth-order valence-electron chi connectivity index (χ4n) is 5.07. The number of rotatable bonds is 1. The molecule has 0 saturated carbocycles. The van der Waals surface area contributed by atoms with Gasteiger partial charge in [0.2, 0.25) is 0 Å². The Labute approximate surface area is 167 Å². The molecule has 1 aliphatic carbocycles. The predicted molar refractivity (Wildman–Crippen MR) is 121 cm³/mol. The van der Waals surface area contributed by atoms with Crippen molar-refractivity contribution in [1.29, 1.82) is 0 Å². The van der Waals surface area contributed by atoms with E-state index in [1.165, 1.54) is 60.8 Å². The highest BCUT2D eigenvalue weighted by atomic mass is 14.4. The van der Waals surface area contributed by atoms with Gasteiger partial charge in [0.05, 0.1) is 0 Å². The van der Waals surface area contributed by atoms with Crippen LogP contribution in [0.4, 0.5) is 0 Å². The zero-order chi connectivity index (χ0) is 19.6. The van der Waals surface area contributed by atoms with E-state index in [2.05, 4.69) is 101 Å². The van der Waals surface area contributed by atoms with Gasteiger partial charge in [0.15, 0.2) is 0 Å². The Morgan fingerprint density at radius 1 is 0.571 bits per heavy atom. The highest BCUT2D eigenvalue weighted by Crippen LogP contribution is 2.53. The molecule has 1 aliphatic rings. The highest BCUT2D eigenvalue weighted by molar-refractivity contribution is 6.09. The van der Waals surface area contributed by atoms with E-state index in [0.29, 0.717) is 0 Å². The molecule has 0 nitrogen and oxygen atoms in total. The molecule has 0 aliphatic heterocycles. The maximum atomic E-state index is 2.46. The molecule has 0 saturated heterocycles. The molecule has 0 heterocycles. The first kappa shape index (κ1) is 17.3. The monoisotopic (exact) mass is 362 g/mol. The summed E-state index contributed by atoms with van der Waals surface area (Å²) in [5.74, 6) is 0. The van der Waals surface area contributed by atoms with Crippen molar-refractivity contribution in [2.24, 2.45) is 0 Å². The van der Waals surface area contributed by atoms with Crippen LogP contribution in [0.1, 0.15) is 41.7 Å². The van der Waals surface area contributed by atoms with Crippen molar-refractivity contribution in [2.75, 3.05) is 0 Å². The Hall–Kier alpha value is -2.86. The van der Waals surface area contributed by atoms with Crippen LogP contribution >= 0.6 is 0 Å². The van der Waals surface area contributed by atoms with E-state index in [1.807, 2.05) is 0 Å². The van der Waals surface area contributed by atoms with Crippen molar-refractivity contribution in [2.45, 2.75) is 40.0 Å². The molecule has 0 spiro atoms. The molecule has 4 aromatic carbocycles. The lowest BCUT2D eigenvalue weighted by Gasteiger charge is -2.23. The maximum absolute atomic E-state index is 2.46. The average molecular weight is 363 g/mol. The van der Waals surface area contributed by atoms with Gasteiger partial charge in [-0.25, -0.2) is 0 Å². The Kier molecular flexibility index (Phi) is 3.58. The van der Waals surface area contributed by atoms with Gasteiger partial charge in [-0.15, -0.1) is 0 Å². The number of hydrogen-bond acceptors (Lipinski definition) is 0.